The lowest BCUT2D eigenvalue weighted by atomic mass is 10.1. The van der Waals surface area contributed by atoms with Gasteiger partial charge in [-0.3, -0.25) is 19.8 Å². The standard InChI is InChI=1S/C19H15FN2O4S/c1-25-15-5-3-4-11(16(15)26-2)10-14-17(23)21-19(27)22(18(14)24)13-8-6-12(20)7-9-13/h3-10H,1-2H3,(H,21,23,27)/b14-10-. The fourth-order valence-electron chi connectivity index (χ4n) is 2.66. The molecule has 2 aromatic rings. The zero-order valence-corrected chi connectivity index (χ0v) is 15.3. The van der Waals surface area contributed by atoms with Crippen LogP contribution in [0.4, 0.5) is 10.1 Å². The minimum atomic E-state index is -0.631. The van der Waals surface area contributed by atoms with Crippen LogP contribution >= 0.6 is 12.2 Å². The first-order chi connectivity index (χ1) is 13.0. The van der Waals surface area contributed by atoms with Crippen molar-refractivity contribution in [3.05, 3.63) is 59.4 Å². The average Bonchev–Trinajstić information content (AvgIpc) is 2.66. The molecule has 2 amide bonds. The van der Waals surface area contributed by atoms with Gasteiger partial charge in [0.05, 0.1) is 19.9 Å². The number of methoxy groups -OCH3 is 2. The van der Waals surface area contributed by atoms with Crippen molar-refractivity contribution in [2.45, 2.75) is 0 Å². The number of amides is 2. The summed E-state index contributed by atoms with van der Waals surface area (Å²) < 4.78 is 23.7. The van der Waals surface area contributed by atoms with E-state index in [9.17, 15) is 14.0 Å². The molecule has 1 aliphatic rings. The van der Waals surface area contributed by atoms with Gasteiger partial charge in [-0.25, -0.2) is 4.39 Å². The Morgan fingerprint density at radius 3 is 2.41 bits per heavy atom. The fraction of sp³-hybridized carbons (Fsp3) is 0.105. The molecule has 0 spiro atoms. The number of hydrogen-bond donors (Lipinski definition) is 1. The van der Waals surface area contributed by atoms with Gasteiger partial charge in [0.1, 0.15) is 11.4 Å². The van der Waals surface area contributed by atoms with Crippen LogP contribution in [0.25, 0.3) is 6.08 Å². The predicted octanol–water partition coefficient (Wildman–Crippen LogP) is 2.67. The fourth-order valence-corrected chi connectivity index (χ4v) is 2.94. The smallest absolute Gasteiger partial charge is 0.270 e. The van der Waals surface area contributed by atoms with Gasteiger partial charge in [0.25, 0.3) is 11.8 Å². The number of ether oxygens (including phenoxy) is 2. The van der Waals surface area contributed by atoms with Crippen molar-refractivity contribution >= 4 is 40.9 Å². The molecule has 2 aromatic carbocycles. The lowest BCUT2D eigenvalue weighted by Gasteiger charge is -2.29. The second-order valence-corrected chi connectivity index (χ2v) is 5.90. The summed E-state index contributed by atoms with van der Waals surface area (Å²) in [7, 11) is 2.95. The zero-order valence-electron chi connectivity index (χ0n) is 14.5. The molecular weight excluding hydrogens is 371 g/mol. The Labute approximate surface area is 160 Å². The highest BCUT2D eigenvalue weighted by atomic mass is 32.1. The maximum Gasteiger partial charge on any atom is 0.270 e. The summed E-state index contributed by atoms with van der Waals surface area (Å²) in [6.07, 6.45) is 1.40. The second kappa shape index (κ2) is 7.55. The maximum absolute atomic E-state index is 13.2. The van der Waals surface area contributed by atoms with Gasteiger partial charge >= 0.3 is 0 Å². The summed E-state index contributed by atoms with van der Waals surface area (Å²) in [5, 5.41) is 2.40. The molecule has 0 saturated carbocycles. The van der Waals surface area contributed by atoms with Gasteiger partial charge < -0.3 is 9.47 Å². The molecule has 1 saturated heterocycles. The number of benzene rings is 2. The Bertz CT molecular complexity index is 957. The van der Waals surface area contributed by atoms with Crippen molar-refractivity contribution in [3.63, 3.8) is 0 Å². The number of hydrogen-bond acceptors (Lipinski definition) is 5. The Hall–Kier alpha value is -3.26. The molecule has 0 radical (unpaired) electrons. The number of nitrogens with one attached hydrogen (secondary N) is 1. The first kappa shape index (κ1) is 18.5. The average molecular weight is 386 g/mol. The van der Waals surface area contributed by atoms with Crippen molar-refractivity contribution in [2.75, 3.05) is 19.1 Å². The molecule has 138 valence electrons. The van der Waals surface area contributed by atoms with E-state index < -0.39 is 17.6 Å². The van der Waals surface area contributed by atoms with E-state index in [1.807, 2.05) is 0 Å². The number of thiocarbonyl (C=S) groups is 1. The molecule has 1 fully saturated rings. The lowest BCUT2D eigenvalue weighted by Crippen LogP contribution is -2.54. The lowest BCUT2D eigenvalue weighted by molar-refractivity contribution is -0.122. The quantitative estimate of drug-likeness (QED) is 0.497. The molecule has 3 rings (SSSR count). The van der Waals surface area contributed by atoms with Gasteiger partial charge in [0, 0.05) is 5.56 Å². The Morgan fingerprint density at radius 1 is 1.07 bits per heavy atom. The van der Waals surface area contributed by atoms with E-state index in [2.05, 4.69) is 5.32 Å². The van der Waals surface area contributed by atoms with Gasteiger partial charge in [-0.15, -0.1) is 0 Å². The highest BCUT2D eigenvalue weighted by molar-refractivity contribution is 7.80. The van der Waals surface area contributed by atoms with Crippen LogP contribution in [-0.2, 0) is 9.59 Å². The van der Waals surface area contributed by atoms with E-state index in [1.54, 1.807) is 18.2 Å². The number of carbonyl (C=O) groups excluding carboxylic acids is 2. The van der Waals surface area contributed by atoms with Gasteiger partial charge in [-0.1, -0.05) is 12.1 Å². The first-order valence-electron chi connectivity index (χ1n) is 7.84. The van der Waals surface area contributed by atoms with Crippen LogP contribution in [0.15, 0.2) is 48.0 Å². The van der Waals surface area contributed by atoms with E-state index in [0.29, 0.717) is 22.7 Å². The summed E-state index contributed by atoms with van der Waals surface area (Å²) in [5.41, 5.74) is 0.691. The van der Waals surface area contributed by atoms with Crippen LogP contribution in [0.2, 0.25) is 0 Å². The molecule has 0 bridgehead atoms. The summed E-state index contributed by atoms with van der Waals surface area (Å²) in [5.74, 6) is -0.862. The molecule has 1 heterocycles. The normalized spacial score (nSPS) is 15.7. The van der Waals surface area contributed by atoms with Crippen molar-refractivity contribution in [3.8, 4) is 11.5 Å². The highest BCUT2D eigenvalue weighted by Gasteiger charge is 2.34. The third-order valence-electron chi connectivity index (χ3n) is 3.92. The molecular formula is C19H15FN2O4S. The SMILES string of the molecule is COc1cccc(/C=C2/C(=O)NC(=S)N(c3ccc(F)cc3)C2=O)c1OC. The minimum absolute atomic E-state index is 0.0774. The molecule has 0 atom stereocenters. The summed E-state index contributed by atoms with van der Waals surface area (Å²) in [6.45, 7) is 0. The van der Waals surface area contributed by atoms with Crippen LogP contribution < -0.4 is 19.7 Å². The van der Waals surface area contributed by atoms with E-state index >= 15 is 0 Å². The van der Waals surface area contributed by atoms with E-state index in [1.165, 1.54) is 44.6 Å². The summed E-state index contributed by atoms with van der Waals surface area (Å²) >= 11 is 5.11. The van der Waals surface area contributed by atoms with Crippen LogP contribution in [0.3, 0.4) is 0 Å². The third kappa shape index (κ3) is 3.52. The largest absolute Gasteiger partial charge is 0.493 e. The molecule has 0 unspecified atom stereocenters. The van der Waals surface area contributed by atoms with Crippen molar-refractivity contribution in [1.29, 1.82) is 0 Å². The predicted molar refractivity (Wildman–Crippen MR) is 102 cm³/mol. The first-order valence-corrected chi connectivity index (χ1v) is 8.25. The maximum atomic E-state index is 13.2. The van der Waals surface area contributed by atoms with E-state index in [-0.39, 0.29) is 10.7 Å². The minimum Gasteiger partial charge on any atom is -0.493 e. The highest BCUT2D eigenvalue weighted by Crippen LogP contribution is 2.33. The van der Waals surface area contributed by atoms with Gasteiger partial charge in [-0.2, -0.15) is 0 Å². The van der Waals surface area contributed by atoms with E-state index in [4.69, 9.17) is 21.7 Å². The molecule has 0 aliphatic carbocycles. The topological polar surface area (TPSA) is 67.9 Å². The van der Waals surface area contributed by atoms with E-state index in [0.717, 1.165) is 4.90 Å². The monoisotopic (exact) mass is 386 g/mol. The summed E-state index contributed by atoms with van der Waals surface area (Å²) in [4.78, 5) is 26.4. The van der Waals surface area contributed by atoms with Crippen LogP contribution in [0.5, 0.6) is 11.5 Å². The van der Waals surface area contributed by atoms with Gasteiger partial charge in [-0.05, 0) is 48.6 Å². The summed E-state index contributed by atoms with van der Waals surface area (Å²) in [6, 6.07) is 10.3. The molecule has 27 heavy (non-hydrogen) atoms. The zero-order chi connectivity index (χ0) is 19.6. The number of nitrogens with zero attached hydrogens (tertiary/aromatic N) is 1. The molecule has 1 N–H and O–H groups in total. The van der Waals surface area contributed by atoms with Crippen molar-refractivity contribution in [1.82, 2.24) is 5.32 Å². The number of anilines is 1. The third-order valence-corrected chi connectivity index (χ3v) is 4.20. The molecule has 0 aromatic heterocycles. The molecule has 1 aliphatic heterocycles. The Morgan fingerprint density at radius 2 is 1.78 bits per heavy atom. The molecule has 6 nitrogen and oxygen atoms in total. The Kier molecular flexibility index (Phi) is 5.18. The van der Waals surface area contributed by atoms with Crippen molar-refractivity contribution in [2.24, 2.45) is 0 Å². The second-order valence-electron chi connectivity index (χ2n) is 5.52. The number of carbonyl (C=O) groups is 2. The molecule has 8 heteroatoms. The number of halogens is 1. The van der Waals surface area contributed by atoms with Crippen LogP contribution in [0.1, 0.15) is 5.56 Å². The number of rotatable bonds is 4. The Balaban J connectivity index is 2.06. The van der Waals surface area contributed by atoms with Gasteiger partial charge in [0.2, 0.25) is 0 Å². The van der Waals surface area contributed by atoms with Crippen LogP contribution in [0, 0.1) is 5.82 Å². The number of para-hydroxylation sites is 1. The van der Waals surface area contributed by atoms with Gasteiger partial charge in [0.15, 0.2) is 16.6 Å². The van der Waals surface area contributed by atoms with Crippen molar-refractivity contribution < 1.29 is 23.5 Å². The van der Waals surface area contributed by atoms with Crippen LogP contribution in [-0.4, -0.2) is 31.1 Å².